The van der Waals surface area contributed by atoms with Gasteiger partial charge in [-0.05, 0) is 12.8 Å². The smallest absolute Gasteiger partial charge is 0.324 e. The summed E-state index contributed by atoms with van der Waals surface area (Å²) in [6, 6.07) is 0.914. The number of nitrogens with two attached hydrogens (primary N) is 1. The van der Waals surface area contributed by atoms with Crippen molar-refractivity contribution in [2.45, 2.75) is 25.3 Å². The Morgan fingerprint density at radius 1 is 1.26 bits per heavy atom. The Labute approximate surface area is 117 Å². The van der Waals surface area contributed by atoms with E-state index < -0.39 is 0 Å². The standard InChI is InChI=1S/C11H17N5O2S/c1-17-10-13-9(14-11(15-10)18-2)16(7-3-4-7)6-5-8(12)19/h7H,3-6H2,1-2H3,(H2,12,19). The summed E-state index contributed by atoms with van der Waals surface area (Å²) in [6.07, 6.45) is 2.86. The van der Waals surface area contributed by atoms with Crippen LogP contribution in [-0.4, -0.2) is 46.7 Å². The second-order valence-electron chi connectivity index (χ2n) is 4.25. The number of methoxy groups -OCH3 is 2. The largest absolute Gasteiger partial charge is 0.467 e. The lowest BCUT2D eigenvalue weighted by atomic mass is 10.4. The molecule has 1 saturated carbocycles. The predicted octanol–water partition coefficient (Wildman–Crippen LogP) is 0.534. The Balaban J connectivity index is 2.22. The molecule has 1 aromatic rings. The van der Waals surface area contributed by atoms with Crippen LogP contribution in [0.25, 0.3) is 0 Å². The molecule has 8 heteroatoms. The highest BCUT2D eigenvalue weighted by atomic mass is 32.1. The molecule has 0 aromatic carbocycles. The number of hydrogen-bond acceptors (Lipinski definition) is 7. The van der Waals surface area contributed by atoms with Crippen molar-refractivity contribution < 1.29 is 9.47 Å². The molecule has 2 rings (SSSR count). The van der Waals surface area contributed by atoms with Gasteiger partial charge in [0.25, 0.3) is 0 Å². The summed E-state index contributed by atoms with van der Waals surface area (Å²) < 4.78 is 10.1. The third kappa shape index (κ3) is 3.63. The number of anilines is 1. The van der Waals surface area contributed by atoms with Crippen LogP contribution in [0.1, 0.15) is 19.3 Å². The third-order valence-corrected chi connectivity index (χ3v) is 3.00. The van der Waals surface area contributed by atoms with Crippen LogP contribution in [0.4, 0.5) is 5.95 Å². The summed E-state index contributed by atoms with van der Waals surface area (Å²) in [5, 5.41) is 0. The molecule has 0 amide bonds. The van der Waals surface area contributed by atoms with E-state index in [-0.39, 0.29) is 12.0 Å². The van der Waals surface area contributed by atoms with Gasteiger partial charge < -0.3 is 20.1 Å². The van der Waals surface area contributed by atoms with Gasteiger partial charge in [0, 0.05) is 19.0 Å². The third-order valence-electron chi connectivity index (χ3n) is 2.79. The molecule has 0 aliphatic heterocycles. The minimum Gasteiger partial charge on any atom is -0.467 e. The number of ether oxygens (including phenoxy) is 2. The van der Waals surface area contributed by atoms with Crippen LogP contribution in [0.3, 0.4) is 0 Å². The van der Waals surface area contributed by atoms with E-state index in [0.717, 1.165) is 12.8 Å². The molecule has 0 radical (unpaired) electrons. The molecule has 19 heavy (non-hydrogen) atoms. The molecule has 104 valence electrons. The number of thiocarbonyl (C=S) groups is 1. The molecule has 1 aromatic heterocycles. The summed E-state index contributed by atoms with van der Waals surface area (Å²) in [5.74, 6) is 0.544. The average Bonchev–Trinajstić information content (AvgIpc) is 3.22. The highest BCUT2D eigenvalue weighted by molar-refractivity contribution is 7.80. The van der Waals surface area contributed by atoms with Gasteiger partial charge >= 0.3 is 12.0 Å². The van der Waals surface area contributed by atoms with Crippen molar-refractivity contribution in [3.8, 4) is 12.0 Å². The molecule has 1 fully saturated rings. The monoisotopic (exact) mass is 283 g/mol. The second-order valence-corrected chi connectivity index (χ2v) is 4.77. The summed E-state index contributed by atoms with van der Waals surface area (Å²) in [4.78, 5) is 15.1. The Morgan fingerprint density at radius 2 is 1.84 bits per heavy atom. The number of nitrogens with zero attached hydrogens (tertiary/aromatic N) is 4. The Hall–Kier alpha value is -1.70. The minimum absolute atomic E-state index is 0.239. The normalized spacial score (nSPS) is 14.0. The van der Waals surface area contributed by atoms with Crippen LogP contribution in [0.5, 0.6) is 12.0 Å². The average molecular weight is 283 g/mol. The molecule has 1 heterocycles. The zero-order valence-electron chi connectivity index (χ0n) is 11.0. The molecular weight excluding hydrogens is 266 g/mol. The lowest BCUT2D eigenvalue weighted by Gasteiger charge is -2.22. The number of hydrogen-bond donors (Lipinski definition) is 1. The quantitative estimate of drug-likeness (QED) is 0.725. The first-order valence-corrected chi connectivity index (χ1v) is 6.44. The Kier molecular flexibility index (Phi) is 4.31. The fourth-order valence-electron chi connectivity index (χ4n) is 1.70. The van der Waals surface area contributed by atoms with E-state index in [1.165, 1.54) is 14.2 Å². The van der Waals surface area contributed by atoms with Gasteiger partial charge in [0.15, 0.2) is 0 Å². The fourth-order valence-corrected chi connectivity index (χ4v) is 1.79. The second kappa shape index (κ2) is 5.96. The SMILES string of the molecule is COc1nc(OC)nc(N(CCC(N)=S)C2CC2)n1. The summed E-state index contributed by atoms with van der Waals surface area (Å²) >= 11 is 4.92. The van der Waals surface area contributed by atoms with Crippen LogP contribution < -0.4 is 20.1 Å². The summed E-state index contributed by atoms with van der Waals surface area (Å²) in [7, 11) is 3.02. The maximum absolute atomic E-state index is 5.55. The molecule has 7 nitrogen and oxygen atoms in total. The highest BCUT2D eigenvalue weighted by Gasteiger charge is 2.31. The van der Waals surface area contributed by atoms with Crippen molar-refractivity contribution in [3.63, 3.8) is 0 Å². The summed E-state index contributed by atoms with van der Waals surface area (Å²) in [6.45, 7) is 0.691. The van der Waals surface area contributed by atoms with E-state index >= 15 is 0 Å². The number of aromatic nitrogens is 3. The first-order chi connectivity index (χ1) is 9.13. The first-order valence-electron chi connectivity index (χ1n) is 6.03. The van der Waals surface area contributed by atoms with Crippen LogP contribution >= 0.6 is 12.2 Å². The molecule has 0 unspecified atom stereocenters. The molecule has 0 bridgehead atoms. The molecule has 0 saturated heterocycles. The van der Waals surface area contributed by atoms with Gasteiger partial charge in [0.2, 0.25) is 5.95 Å². The van der Waals surface area contributed by atoms with Gasteiger partial charge in [0.1, 0.15) is 0 Å². The first kappa shape index (κ1) is 13.7. The zero-order valence-corrected chi connectivity index (χ0v) is 11.8. The minimum atomic E-state index is 0.239. The zero-order chi connectivity index (χ0) is 13.8. The maximum Gasteiger partial charge on any atom is 0.324 e. The summed E-state index contributed by atoms with van der Waals surface area (Å²) in [5.41, 5.74) is 5.55. The topological polar surface area (TPSA) is 86.4 Å². The molecule has 0 spiro atoms. The highest BCUT2D eigenvalue weighted by Crippen LogP contribution is 2.31. The van der Waals surface area contributed by atoms with E-state index in [9.17, 15) is 0 Å². The van der Waals surface area contributed by atoms with Gasteiger partial charge in [-0.25, -0.2) is 0 Å². The van der Waals surface area contributed by atoms with Gasteiger partial charge in [0.05, 0.1) is 19.2 Å². The van der Waals surface area contributed by atoms with E-state index in [2.05, 4.69) is 19.9 Å². The van der Waals surface area contributed by atoms with Crippen LogP contribution in [0.15, 0.2) is 0 Å². The van der Waals surface area contributed by atoms with E-state index in [1.807, 2.05) is 0 Å². The van der Waals surface area contributed by atoms with Crippen LogP contribution in [0.2, 0.25) is 0 Å². The van der Waals surface area contributed by atoms with Gasteiger partial charge in [-0.15, -0.1) is 4.98 Å². The van der Waals surface area contributed by atoms with Crippen LogP contribution in [-0.2, 0) is 0 Å². The van der Waals surface area contributed by atoms with Crippen molar-refractivity contribution in [2.24, 2.45) is 5.73 Å². The van der Waals surface area contributed by atoms with Crippen molar-refractivity contribution in [2.75, 3.05) is 25.7 Å². The van der Waals surface area contributed by atoms with E-state index in [0.29, 0.717) is 29.9 Å². The number of rotatable bonds is 7. The molecule has 1 aliphatic carbocycles. The molecule has 0 atom stereocenters. The lowest BCUT2D eigenvalue weighted by Crippen LogP contribution is -2.31. The van der Waals surface area contributed by atoms with Gasteiger partial charge in [-0.3, -0.25) is 0 Å². The van der Waals surface area contributed by atoms with Gasteiger partial charge in [-0.2, -0.15) is 9.97 Å². The fraction of sp³-hybridized carbons (Fsp3) is 0.636. The molecule has 1 aliphatic rings. The Bertz CT molecular complexity index is 444. The van der Waals surface area contributed by atoms with E-state index in [1.54, 1.807) is 0 Å². The molecular formula is C11H17N5O2S. The van der Waals surface area contributed by atoms with Crippen LogP contribution in [0, 0.1) is 0 Å². The molecule has 2 N–H and O–H groups in total. The van der Waals surface area contributed by atoms with Crippen molar-refractivity contribution in [3.05, 3.63) is 0 Å². The lowest BCUT2D eigenvalue weighted by molar-refractivity contribution is 0.339. The maximum atomic E-state index is 5.55. The Morgan fingerprint density at radius 3 is 2.26 bits per heavy atom. The predicted molar refractivity (Wildman–Crippen MR) is 74.7 cm³/mol. The van der Waals surface area contributed by atoms with E-state index in [4.69, 9.17) is 27.4 Å². The van der Waals surface area contributed by atoms with Crippen molar-refractivity contribution in [1.29, 1.82) is 0 Å². The van der Waals surface area contributed by atoms with Crippen molar-refractivity contribution in [1.82, 2.24) is 15.0 Å². The van der Waals surface area contributed by atoms with Crippen molar-refractivity contribution >= 4 is 23.2 Å². The van der Waals surface area contributed by atoms with Gasteiger partial charge in [-0.1, -0.05) is 12.2 Å².